The average Bonchev–Trinajstić information content (AvgIpc) is 3.89. The van der Waals surface area contributed by atoms with Gasteiger partial charge in [0.2, 0.25) is 0 Å². The Morgan fingerprint density at radius 2 is 1.65 bits per heavy atom. The van der Waals surface area contributed by atoms with Crippen molar-refractivity contribution in [3.05, 3.63) is 159 Å². The van der Waals surface area contributed by atoms with Crippen LogP contribution >= 0.6 is 0 Å². The van der Waals surface area contributed by atoms with Crippen molar-refractivity contribution in [2.24, 2.45) is 41.2 Å². The van der Waals surface area contributed by atoms with Gasteiger partial charge in [-0.25, -0.2) is 0 Å². The van der Waals surface area contributed by atoms with Gasteiger partial charge >= 0.3 is 0 Å². The van der Waals surface area contributed by atoms with Gasteiger partial charge in [-0.2, -0.15) is 0 Å². The minimum absolute atomic E-state index is 0.133. The first-order valence-electron chi connectivity index (χ1n) is 25.4. The lowest BCUT2D eigenvalue weighted by Crippen LogP contribution is -2.35. The standard InChI is InChI=1S/C58H69N3O/c59-53(51-25-14-24-50-49-23-10-13-28-57(49)62-58(50)51)35-54(38-15-2-1-3-16-38)60-36-37-31-40(33-41(32-37)61-55-26-11-8-21-47(55)48-22-9-12-27-56(48)61)39-29-30-46-44-19-5-4-17-42(44)43-18-6-7-20-45(43)52(46)34-39/h2,5,7-8,13,15,19-21,28,30-35,38-39,43,45,47,49-50,53,55,57,60H,1,3-4,6,9-12,14,16-18,22-27,29,36,59H2/b54-35-. The average molecular weight is 824 g/mol. The van der Waals surface area contributed by atoms with Crippen molar-refractivity contribution in [1.29, 1.82) is 0 Å². The molecule has 0 spiro atoms. The van der Waals surface area contributed by atoms with Crippen LogP contribution in [-0.4, -0.2) is 18.2 Å². The van der Waals surface area contributed by atoms with Gasteiger partial charge in [-0.1, -0.05) is 78.5 Å². The molecule has 2 heterocycles. The van der Waals surface area contributed by atoms with Gasteiger partial charge in [0.05, 0.1) is 0 Å². The fourth-order valence-electron chi connectivity index (χ4n) is 14.4. The molecule has 9 aliphatic carbocycles. The lowest BCUT2D eigenvalue weighted by atomic mass is 9.62. The summed E-state index contributed by atoms with van der Waals surface area (Å²) in [5.74, 6) is 4.88. The number of nitrogens with one attached hydrogen (secondary N) is 1. The van der Waals surface area contributed by atoms with Crippen LogP contribution in [0.5, 0.6) is 0 Å². The Kier molecular flexibility index (Phi) is 10.6. The summed E-state index contributed by atoms with van der Waals surface area (Å²) in [6.45, 7) is 0.802. The molecule has 2 aliphatic heterocycles. The van der Waals surface area contributed by atoms with E-state index in [9.17, 15) is 0 Å². The molecule has 3 N–H and O–H groups in total. The maximum atomic E-state index is 7.33. The molecule has 1 aromatic rings. The molecule has 4 heteroatoms. The smallest absolute Gasteiger partial charge is 0.120 e. The molecule has 1 fully saturated rings. The van der Waals surface area contributed by atoms with Crippen molar-refractivity contribution >= 4 is 5.69 Å². The molecule has 0 aromatic heterocycles. The van der Waals surface area contributed by atoms with Crippen molar-refractivity contribution < 1.29 is 4.74 Å². The highest BCUT2D eigenvalue weighted by atomic mass is 16.5. The normalized spacial score (nSPS) is 35.0. The Hall–Kier alpha value is -4.28. The van der Waals surface area contributed by atoms with Crippen molar-refractivity contribution in [2.75, 3.05) is 4.90 Å². The van der Waals surface area contributed by atoms with Crippen molar-refractivity contribution in [3.63, 3.8) is 0 Å². The monoisotopic (exact) mass is 824 g/mol. The van der Waals surface area contributed by atoms with Gasteiger partial charge in [-0.15, -0.1) is 0 Å². The minimum Gasteiger partial charge on any atom is -0.490 e. The van der Waals surface area contributed by atoms with Crippen LogP contribution in [0.1, 0.15) is 139 Å². The SMILES string of the molecule is NC(/C=C(\NCc1cc(C2C=C3C(=CC2)C2=C(CCC=C2)C2CCC=CC32)cc(N2C3=C(CCCC3)C3C=CCCC32)c1)C1C=CCCC1)C1=C2OC3C=CCCC3C2CCC1. The maximum absolute atomic E-state index is 7.33. The molecular weight excluding hydrogens is 755 g/mol. The van der Waals surface area contributed by atoms with E-state index in [1.54, 1.807) is 28.0 Å². The van der Waals surface area contributed by atoms with Gasteiger partial charge in [0.1, 0.15) is 11.9 Å². The summed E-state index contributed by atoms with van der Waals surface area (Å²) < 4.78 is 6.77. The lowest BCUT2D eigenvalue weighted by molar-refractivity contribution is 0.162. The molecule has 0 bridgehead atoms. The summed E-state index contributed by atoms with van der Waals surface area (Å²) in [6.07, 6.45) is 55.6. The van der Waals surface area contributed by atoms with E-state index >= 15 is 0 Å². The molecule has 0 amide bonds. The van der Waals surface area contributed by atoms with Crippen LogP contribution in [0, 0.1) is 35.5 Å². The second-order valence-electron chi connectivity index (χ2n) is 20.8. The van der Waals surface area contributed by atoms with Gasteiger partial charge in [0.25, 0.3) is 0 Å². The van der Waals surface area contributed by atoms with Crippen molar-refractivity contribution in [3.8, 4) is 0 Å². The first-order chi connectivity index (χ1) is 30.7. The summed E-state index contributed by atoms with van der Waals surface area (Å²) in [4.78, 5) is 2.86. The molecule has 10 atom stereocenters. The summed E-state index contributed by atoms with van der Waals surface area (Å²) in [6, 6.07) is 8.19. The third kappa shape index (κ3) is 6.97. The molecule has 1 saturated heterocycles. The zero-order chi connectivity index (χ0) is 41.1. The maximum Gasteiger partial charge on any atom is 0.120 e. The highest BCUT2D eigenvalue weighted by Gasteiger charge is 2.45. The summed E-state index contributed by atoms with van der Waals surface area (Å²) >= 11 is 0. The first-order valence-corrected chi connectivity index (χ1v) is 25.4. The van der Waals surface area contributed by atoms with Crippen LogP contribution in [-0.2, 0) is 11.3 Å². The Morgan fingerprint density at radius 1 is 0.774 bits per heavy atom. The fourth-order valence-corrected chi connectivity index (χ4v) is 14.4. The Bertz CT molecular complexity index is 2320. The number of hydrogen-bond donors (Lipinski definition) is 2. The van der Waals surface area contributed by atoms with E-state index in [0.717, 1.165) is 19.4 Å². The van der Waals surface area contributed by atoms with Gasteiger partial charge in [-0.05, 0) is 191 Å². The van der Waals surface area contributed by atoms with Crippen LogP contribution in [0.25, 0.3) is 0 Å². The molecule has 11 aliphatic rings. The molecule has 62 heavy (non-hydrogen) atoms. The second kappa shape index (κ2) is 16.7. The molecule has 322 valence electrons. The number of anilines is 1. The van der Waals surface area contributed by atoms with E-state index in [4.69, 9.17) is 10.5 Å². The van der Waals surface area contributed by atoms with Gasteiger partial charge in [0, 0.05) is 71.2 Å². The topological polar surface area (TPSA) is 50.5 Å². The van der Waals surface area contributed by atoms with E-state index in [1.807, 2.05) is 0 Å². The second-order valence-corrected chi connectivity index (χ2v) is 20.8. The summed E-state index contributed by atoms with van der Waals surface area (Å²) in [5.41, 5.74) is 24.1. The van der Waals surface area contributed by atoms with Crippen LogP contribution in [0.3, 0.4) is 0 Å². The van der Waals surface area contributed by atoms with Crippen molar-refractivity contribution in [1.82, 2.24) is 5.32 Å². The number of allylic oxidation sites excluding steroid dienone is 16. The minimum atomic E-state index is -0.133. The van der Waals surface area contributed by atoms with Gasteiger partial charge < -0.3 is 20.7 Å². The molecule has 0 radical (unpaired) electrons. The first kappa shape index (κ1) is 39.3. The number of nitrogens with zero attached hydrogens (tertiary/aromatic N) is 1. The van der Waals surface area contributed by atoms with Crippen LogP contribution in [0.15, 0.2) is 148 Å². The van der Waals surface area contributed by atoms with Gasteiger partial charge in [-0.3, -0.25) is 0 Å². The van der Waals surface area contributed by atoms with Gasteiger partial charge in [0.15, 0.2) is 0 Å². The lowest BCUT2D eigenvalue weighted by Gasteiger charge is -2.42. The number of fused-ring (bicyclic) bond motifs is 10. The van der Waals surface area contributed by atoms with Crippen LogP contribution in [0.2, 0.25) is 0 Å². The van der Waals surface area contributed by atoms with E-state index in [2.05, 4.69) is 107 Å². The molecule has 10 unspecified atom stereocenters. The Labute approximate surface area is 372 Å². The van der Waals surface area contributed by atoms with Crippen molar-refractivity contribution in [2.45, 2.75) is 153 Å². The summed E-state index contributed by atoms with van der Waals surface area (Å²) in [7, 11) is 0. The third-order valence-corrected chi connectivity index (χ3v) is 17.3. The molecular formula is C58H69N3O. The number of hydrogen-bond acceptors (Lipinski definition) is 4. The fraction of sp³-hybridized carbons (Fsp3) is 0.517. The third-order valence-electron chi connectivity index (χ3n) is 17.3. The molecule has 0 saturated carbocycles. The number of ether oxygens (including phenoxy) is 1. The van der Waals surface area contributed by atoms with E-state index in [0.29, 0.717) is 47.5 Å². The predicted octanol–water partition coefficient (Wildman–Crippen LogP) is 13.3. The molecule has 4 nitrogen and oxygen atoms in total. The largest absolute Gasteiger partial charge is 0.490 e. The van der Waals surface area contributed by atoms with Crippen LogP contribution < -0.4 is 16.0 Å². The van der Waals surface area contributed by atoms with Crippen LogP contribution in [0.4, 0.5) is 5.69 Å². The highest BCUT2D eigenvalue weighted by Crippen LogP contribution is 2.54. The number of benzene rings is 1. The Balaban J connectivity index is 0.909. The van der Waals surface area contributed by atoms with E-state index in [1.165, 1.54) is 149 Å². The van der Waals surface area contributed by atoms with E-state index in [-0.39, 0.29) is 12.1 Å². The zero-order valence-electron chi connectivity index (χ0n) is 37.1. The summed E-state index contributed by atoms with van der Waals surface area (Å²) in [5, 5.41) is 4.12. The molecule has 1 aromatic carbocycles. The predicted molar refractivity (Wildman–Crippen MR) is 255 cm³/mol. The zero-order valence-corrected chi connectivity index (χ0v) is 37.1. The number of rotatable bonds is 8. The Morgan fingerprint density at radius 3 is 2.58 bits per heavy atom. The number of nitrogens with two attached hydrogens (primary N) is 1. The highest BCUT2D eigenvalue weighted by molar-refractivity contribution is 5.65. The molecule has 12 rings (SSSR count). The quantitative estimate of drug-likeness (QED) is 0.256. The van der Waals surface area contributed by atoms with E-state index < -0.39 is 0 Å².